The quantitative estimate of drug-likeness (QED) is 0.555. The standard InChI is InChI=1S/C23H27F3N6O2/c1-10(2)20-22(34)30-19-11(3)27-23(31-21(19)32(20)4)29-14-8-13(9-14)28-17(33)7-12-5-15(24)18(26)16(25)6-12/h5-6,10,13-14,20H,7-9H2,1-4H3,(H,28,33)(H,30,34)(H,27,29,31). The second-order valence-electron chi connectivity index (χ2n) is 9.25. The number of carbonyl (C=O) groups is 2. The molecule has 2 aliphatic rings. The average molecular weight is 477 g/mol. The molecule has 1 aromatic heterocycles. The highest BCUT2D eigenvalue weighted by molar-refractivity contribution is 6.03. The number of amides is 2. The molecule has 0 bridgehead atoms. The van der Waals surface area contributed by atoms with Crippen molar-refractivity contribution in [3.8, 4) is 0 Å². The van der Waals surface area contributed by atoms with Crippen LogP contribution in [0.3, 0.4) is 0 Å². The molecular weight excluding hydrogens is 449 g/mol. The van der Waals surface area contributed by atoms with E-state index < -0.39 is 23.4 Å². The SMILES string of the molecule is Cc1nc(NC2CC(NC(=O)Cc3cc(F)c(F)c(F)c3)C2)nc2c1NC(=O)C(C(C)C)N2C. The number of carbonyl (C=O) groups excluding carboxylic acids is 2. The number of aromatic nitrogens is 2. The van der Waals surface area contributed by atoms with Crippen LogP contribution in [0.4, 0.5) is 30.6 Å². The van der Waals surface area contributed by atoms with Crippen molar-refractivity contribution in [1.82, 2.24) is 15.3 Å². The fourth-order valence-electron chi connectivity index (χ4n) is 4.49. The van der Waals surface area contributed by atoms with Gasteiger partial charge in [-0.1, -0.05) is 13.8 Å². The third-order valence-electron chi connectivity index (χ3n) is 6.22. The second kappa shape index (κ2) is 9.11. The molecule has 1 atom stereocenters. The van der Waals surface area contributed by atoms with Crippen molar-refractivity contribution in [2.24, 2.45) is 5.92 Å². The number of benzene rings is 1. The maximum absolute atomic E-state index is 13.3. The molecule has 4 rings (SSSR count). The number of nitrogens with one attached hydrogen (secondary N) is 3. The lowest BCUT2D eigenvalue weighted by Gasteiger charge is -2.38. The van der Waals surface area contributed by atoms with Crippen LogP contribution in [0.25, 0.3) is 0 Å². The summed E-state index contributed by atoms with van der Waals surface area (Å²) in [4.78, 5) is 35.6. The summed E-state index contributed by atoms with van der Waals surface area (Å²) in [6, 6.07) is 1.24. The maximum Gasteiger partial charge on any atom is 0.247 e. The van der Waals surface area contributed by atoms with Gasteiger partial charge in [-0.05, 0) is 43.4 Å². The Balaban J connectivity index is 1.34. The predicted molar refractivity (Wildman–Crippen MR) is 121 cm³/mol. The third kappa shape index (κ3) is 4.64. The minimum atomic E-state index is -1.55. The first-order chi connectivity index (χ1) is 16.0. The van der Waals surface area contributed by atoms with Crippen molar-refractivity contribution in [1.29, 1.82) is 0 Å². The van der Waals surface area contributed by atoms with Crippen molar-refractivity contribution < 1.29 is 22.8 Å². The molecule has 1 unspecified atom stereocenters. The van der Waals surface area contributed by atoms with Gasteiger partial charge in [0, 0.05) is 19.1 Å². The molecule has 1 fully saturated rings. The number of hydrogen-bond donors (Lipinski definition) is 3. The Morgan fingerprint density at radius 3 is 2.44 bits per heavy atom. The highest BCUT2D eigenvalue weighted by Gasteiger charge is 2.36. The highest BCUT2D eigenvalue weighted by Crippen LogP contribution is 2.35. The summed E-state index contributed by atoms with van der Waals surface area (Å²) < 4.78 is 39.7. The van der Waals surface area contributed by atoms with Crippen LogP contribution in [-0.2, 0) is 16.0 Å². The lowest BCUT2D eigenvalue weighted by Crippen LogP contribution is -2.51. The molecule has 0 spiro atoms. The fraction of sp³-hybridized carbons (Fsp3) is 0.478. The minimum Gasteiger partial charge on any atom is -0.353 e. The van der Waals surface area contributed by atoms with Crippen LogP contribution in [0.5, 0.6) is 0 Å². The van der Waals surface area contributed by atoms with E-state index in [0.717, 1.165) is 12.1 Å². The minimum absolute atomic E-state index is 0.0350. The van der Waals surface area contributed by atoms with Crippen LogP contribution >= 0.6 is 0 Å². The van der Waals surface area contributed by atoms with Crippen LogP contribution in [0.1, 0.15) is 37.9 Å². The number of anilines is 3. The molecular formula is C23H27F3N6O2. The summed E-state index contributed by atoms with van der Waals surface area (Å²) in [5, 5.41) is 8.99. The van der Waals surface area contributed by atoms with Crippen LogP contribution in [0.15, 0.2) is 12.1 Å². The van der Waals surface area contributed by atoms with Crippen molar-refractivity contribution >= 4 is 29.3 Å². The number of halogens is 3. The monoisotopic (exact) mass is 476 g/mol. The van der Waals surface area contributed by atoms with E-state index in [1.165, 1.54) is 0 Å². The summed E-state index contributed by atoms with van der Waals surface area (Å²) >= 11 is 0. The van der Waals surface area contributed by atoms with Gasteiger partial charge in [-0.3, -0.25) is 9.59 Å². The number of likely N-dealkylation sites (N-methyl/N-ethyl adjacent to an activating group) is 1. The lowest BCUT2D eigenvalue weighted by atomic mass is 9.86. The Bertz CT molecular complexity index is 1110. The summed E-state index contributed by atoms with van der Waals surface area (Å²) in [6.07, 6.45) is 1.00. The number of aryl methyl sites for hydroxylation is 1. The van der Waals surface area contributed by atoms with Crippen molar-refractivity contribution in [3.63, 3.8) is 0 Å². The third-order valence-corrected chi connectivity index (χ3v) is 6.22. The molecule has 1 saturated carbocycles. The molecule has 1 aliphatic carbocycles. The Kier molecular flexibility index (Phi) is 6.37. The molecule has 11 heteroatoms. The van der Waals surface area contributed by atoms with E-state index in [2.05, 4.69) is 25.9 Å². The predicted octanol–water partition coefficient (Wildman–Crippen LogP) is 2.92. The van der Waals surface area contributed by atoms with E-state index in [1.807, 2.05) is 25.8 Å². The van der Waals surface area contributed by atoms with Gasteiger partial charge >= 0.3 is 0 Å². The van der Waals surface area contributed by atoms with E-state index in [1.54, 1.807) is 6.92 Å². The Morgan fingerprint density at radius 1 is 1.18 bits per heavy atom. The lowest BCUT2D eigenvalue weighted by molar-refractivity contribution is -0.121. The first-order valence-electron chi connectivity index (χ1n) is 11.1. The van der Waals surface area contributed by atoms with Gasteiger partial charge in [-0.25, -0.2) is 18.2 Å². The van der Waals surface area contributed by atoms with Gasteiger partial charge in [0.05, 0.1) is 12.1 Å². The Morgan fingerprint density at radius 2 is 1.82 bits per heavy atom. The van der Waals surface area contributed by atoms with Crippen LogP contribution in [0, 0.1) is 30.3 Å². The molecule has 0 saturated heterocycles. The number of rotatable bonds is 6. The number of nitrogens with zero attached hydrogens (tertiary/aromatic N) is 3. The molecule has 182 valence electrons. The van der Waals surface area contributed by atoms with Gasteiger partial charge in [-0.15, -0.1) is 0 Å². The van der Waals surface area contributed by atoms with E-state index in [-0.39, 0.29) is 41.9 Å². The van der Waals surface area contributed by atoms with Gasteiger partial charge in [0.15, 0.2) is 23.3 Å². The zero-order valence-corrected chi connectivity index (χ0v) is 19.4. The molecule has 1 aliphatic heterocycles. The van der Waals surface area contributed by atoms with E-state index in [0.29, 0.717) is 36.0 Å². The van der Waals surface area contributed by atoms with Gasteiger partial charge in [0.1, 0.15) is 11.7 Å². The van der Waals surface area contributed by atoms with Crippen LogP contribution in [-0.4, -0.2) is 47.0 Å². The molecule has 3 N–H and O–H groups in total. The molecule has 0 radical (unpaired) electrons. The van der Waals surface area contributed by atoms with Gasteiger partial charge in [0.2, 0.25) is 17.8 Å². The number of fused-ring (bicyclic) bond motifs is 1. The normalized spacial score (nSPS) is 21.6. The molecule has 2 heterocycles. The Hall–Kier alpha value is -3.37. The summed E-state index contributed by atoms with van der Waals surface area (Å²) in [6.45, 7) is 5.76. The smallest absolute Gasteiger partial charge is 0.247 e. The average Bonchev–Trinajstić information content (AvgIpc) is 2.71. The van der Waals surface area contributed by atoms with E-state index in [9.17, 15) is 22.8 Å². The summed E-state index contributed by atoms with van der Waals surface area (Å²) in [5.74, 6) is -3.48. The summed E-state index contributed by atoms with van der Waals surface area (Å²) in [7, 11) is 1.84. The maximum atomic E-state index is 13.3. The molecule has 1 aromatic carbocycles. The molecule has 2 aromatic rings. The largest absolute Gasteiger partial charge is 0.353 e. The molecule has 34 heavy (non-hydrogen) atoms. The molecule has 8 nitrogen and oxygen atoms in total. The summed E-state index contributed by atoms with van der Waals surface area (Å²) in [5.41, 5.74) is 1.32. The van der Waals surface area contributed by atoms with Gasteiger partial charge in [-0.2, -0.15) is 4.98 Å². The topological polar surface area (TPSA) is 99.2 Å². The zero-order valence-electron chi connectivity index (χ0n) is 19.4. The van der Waals surface area contributed by atoms with Crippen LogP contribution in [0.2, 0.25) is 0 Å². The van der Waals surface area contributed by atoms with E-state index in [4.69, 9.17) is 0 Å². The first-order valence-corrected chi connectivity index (χ1v) is 11.1. The van der Waals surface area contributed by atoms with E-state index >= 15 is 0 Å². The van der Waals surface area contributed by atoms with Crippen molar-refractivity contribution in [2.45, 2.75) is 58.2 Å². The van der Waals surface area contributed by atoms with Crippen molar-refractivity contribution in [3.05, 3.63) is 40.8 Å². The van der Waals surface area contributed by atoms with Gasteiger partial charge < -0.3 is 20.9 Å². The van der Waals surface area contributed by atoms with Gasteiger partial charge in [0.25, 0.3) is 0 Å². The Labute approximate surface area is 195 Å². The zero-order chi connectivity index (χ0) is 24.7. The number of hydrogen-bond acceptors (Lipinski definition) is 6. The van der Waals surface area contributed by atoms with Crippen LogP contribution < -0.4 is 20.9 Å². The molecule has 2 amide bonds. The fourth-order valence-corrected chi connectivity index (χ4v) is 4.49. The highest BCUT2D eigenvalue weighted by atomic mass is 19.2. The van der Waals surface area contributed by atoms with Crippen molar-refractivity contribution in [2.75, 3.05) is 22.6 Å². The second-order valence-corrected chi connectivity index (χ2v) is 9.25. The first kappa shape index (κ1) is 23.8.